The van der Waals surface area contributed by atoms with Crippen molar-refractivity contribution in [2.75, 3.05) is 23.3 Å². The van der Waals surface area contributed by atoms with Gasteiger partial charge in [-0.3, -0.25) is 4.79 Å². The zero-order valence-electron chi connectivity index (χ0n) is 14.1. The van der Waals surface area contributed by atoms with Crippen molar-refractivity contribution in [2.24, 2.45) is 7.05 Å². The third kappa shape index (κ3) is 3.07. The molecule has 8 heteroatoms. The number of nitrogens with zero attached hydrogens (tertiary/aromatic N) is 5. The molecule has 0 aliphatic carbocycles. The molecule has 1 atom stereocenters. The molecule has 0 bridgehead atoms. The number of piperidine rings is 1. The van der Waals surface area contributed by atoms with Crippen molar-refractivity contribution in [1.82, 2.24) is 24.7 Å². The fourth-order valence-electron chi connectivity index (χ4n) is 3.39. The molecule has 4 rings (SSSR count). The van der Waals surface area contributed by atoms with Crippen molar-refractivity contribution >= 4 is 22.7 Å². The van der Waals surface area contributed by atoms with E-state index in [0.29, 0.717) is 6.04 Å². The zero-order valence-corrected chi connectivity index (χ0v) is 14.1. The van der Waals surface area contributed by atoms with Crippen LogP contribution in [0.5, 0.6) is 0 Å². The Morgan fingerprint density at radius 1 is 1.28 bits per heavy atom. The molecule has 3 aromatic rings. The van der Waals surface area contributed by atoms with Crippen molar-refractivity contribution in [3.8, 4) is 0 Å². The fourth-order valence-corrected chi connectivity index (χ4v) is 3.39. The predicted octanol–water partition coefficient (Wildman–Crippen LogP) is 1.52. The van der Waals surface area contributed by atoms with Gasteiger partial charge in [0.15, 0.2) is 0 Å². The van der Waals surface area contributed by atoms with Gasteiger partial charge >= 0.3 is 0 Å². The summed E-state index contributed by atoms with van der Waals surface area (Å²) in [6.45, 7) is 1.71. The molecule has 1 unspecified atom stereocenters. The Balaban J connectivity index is 1.54. The van der Waals surface area contributed by atoms with Crippen molar-refractivity contribution < 1.29 is 0 Å². The van der Waals surface area contributed by atoms with E-state index in [1.807, 2.05) is 18.3 Å². The smallest absolute Gasteiger partial charge is 0.266 e. The van der Waals surface area contributed by atoms with E-state index in [0.717, 1.165) is 48.6 Å². The zero-order chi connectivity index (χ0) is 17.2. The average molecular weight is 339 g/mol. The topological polar surface area (TPSA) is 91.7 Å². The number of hydrogen-bond donors (Lipinski definition) is 2. The predicted molar refractivity (Wildman–Crippen MR) is 96.8 cm³/mol. The second-order valence-electron chi connectivity index (χ2n) is 6.34. The van der Waals surface area contributed by atoms with Gasteiger partial charge < -0.3 is 15.2 Å². The average Bonchev–Trinajstić information content (AvgIpc) is 3.12. The maximum absolute atomic E-state index is 11.6. The Morgan fingerprint density at radius 2 is 2.20 bits per heavy atom. The van der Waals surface area contributed by atoms with Gasteiger partial charge in [-0.25, -0.2) is 14.6 Å². The largest absolute Gasteiger partial charge is 0.367 e. The van der Waals surface area contributed by atoms with Gasteiger partial charge in [-0.15, -0.1) is 0 Å². The van der Waals surface area contributed by atoms with E-state index in [1.165, 1.54) is 11.1 Å². The standard InChI is InChI=1S/C17H21N7O/c1-23-15(25)6-5-14(22-23)24-9-3-2-4-12(24)10-19-17-13-7-8-18-16(13)20-11-21-17/h5-8,11-12H,2-4,9-10H2,1H3,(H2,18,19,20,21). The van der Waals surface area contributed by atoms with Crippen molar-refractivity contribution in [3.05, 3.63) is 41.1 Å². The summed E-state index contributed by atoms with van der Waals surface area (Å²) in [6, 6.07) is 5.68. The number of nitrogens with one attached hydrogen (secondary N) is 2. The maximum atomic E-state index is 11.6. The van der Waals surface area contributed by atoms with E-state index in [9.17, 15) is 4.79 Å². The van der Waals surface area contributed by atoms with Gasteiger partial charge in [0.2, 0.25) is 0 Å². The third-order valence-corrected chi connectivity index (χ3v) is 4.73. The molecule has 3 aromatic heterocycles. The molecule has 0 amide bonds. The van der Waals surface area contributed by atoms with Crippen LogP contribution >= 0.6 is 0 Å². The highest BCUT2D eigenvalue weighted by Crippen LogP contribution is 2.24. The Morgan fingerprint density at radius 3 is 3.08 bits per heavy atom. The second kappa shape index (κ2) is 6.54. The van der Waals surface area contributed by atoms with Crippen LogP contribution in [0.2, 0.25) is 0 Å². The van der Waals surface area contributed by atoms with Gasteiger partial charge in [0.05, 0.1) is 5.39 Å². The monoisotopic (exact) mass is 339 g/mol. The van der Waals surface area contributed by atoms with Crippen LogP contribution in [0.25, 0.3) is 11.0 Å². The Hall–Kier alpha value is -2.90. The molecule has 1 aliphatic heterocycles. The Kier molecular flexibility index (Phi) is 4.09. The summed E-state index contributed by atoms with van der Waals surface area (Å²) in [6.07, 6.45) is 6.84. The lowest BCUT2D eigenvalue weighted by Gasteiger charge is -2.36. The van der Waals surface area contributed by atoms with E-state index in [1.54, 1.807) is 19.4 Å². The van der Waals surface area contributed by atoms with Crippen LogP contribution in [0, 0.1) is 0 Å². The molecular formula is C17H21N7O. The number of H-pyrrole nitrogens is 1. The van der Waals surface area contributed by atoms with Crippen LogP contribution in [0.1, 0.15) is 19.3 Å². The highest BCUT2D eigenvalue weighted by Gasteiger charge is 2.24. The molecule has 4 heterocycles. The number of anilines is 2. The molecule has 1 aliphatic rings. The number of hydrogen-bond acceptors (Lipinski definition) is 6. The lowest BCUT2D eigenvalue weighted by molar-refractivity contribution is 0.464. The lowest BCUT2D eigenvalue weighted by atomic mass is 10.0. The SMILES string of the molecule is Cn1nc(N2CCCCC2CNc2ncnc3[nH]ccc23)ccc1=O. The van der Waals surface area contributed by atoms with E-state index < -0.39 is 0 Å². The van der Waals surface area contributed by atoms with Crippen LogP contribution in [0.4, 0.5) is 11.6 Å². The molecule has 25 heavy (non-hydrogen) atoms. The third-order valence-electron chi connectivity index (χ3n) is 4.73. The van der Waals surface area contributed by atoms with Gasteiger partial charge in [-0.1, -0.05) is 0 Å². The van der Waals surface area contributed by atoms with Gasteiger partial charge in [0, 0.05) is 38.4 Å². The summed E-state index contributed by atoms with van der Waals surface area (Å²) in [7, 11) is 1.69. The highest BCUT2D eigenvalue weighted by molar-refractivity contribution is 5.86. The van der Waals surface area contributed by atoms with E-state index in [2.05, 4.69) is 30.3 Å². The molecule has 0 spiro atoms. The fraction of sp³-hybridized carbons (Fsp3) is 0.412. The molecule has 8 nitrogen and oxygen atoms in total. The summed E-state index contributed by atoms with van der Waals surface area (Å²) in [5, 5.41) is 8.87. The summed E-state index contributed by atoms with van der Waals surface area (Å²) >= 11 is 0. The van der Waals surface area contributed by atoms with E-state index in [-0.39, 0.29) is 5.56 Å². The number of aryl methyl sites for hydroxylation is 1. The normalized spacial score (nSPS) is 17.8. The van der Waals surface area contributed by atoms with E-state index in [4.69, 9.17) is 0 Å². The Bertz CT molecular complexity index is 932. The second-order valence-corrected chi connectivity index (χ2v) is 6.34. The molecule has 2 N–H and O–H groups in total. The molecule has 0 radical (unpaired) electrons. The lowest BCUT2D eigenvalue weighted by Crippen LogP contribution is -2.45. The molecule has 0 aromatic carbocycles. The quantitative estimate of drug-likeness (QED) is 0.749. The maximum Gasteiger partial charge on any atom is 0.266 e. The van der Waals surface area contributed by atoms with Crippen LogP contribution in [0.3, 0.4) is 0 Å². The van der Waals surface area contributed by atoms with Gasteiger partial charge in [0.25, 0.3) is 5.56 Å². The first-order chi connectivity index (χ1) is 12.2. The van der Waals surface area contributed by atoms with Crippen LogP contribution in [0.15, 0.2) is 35.5 Å². The number of aromatic amines is 1. The minimum absolute atomic E-state index is 0.0914. The first-order valence-electron chi connectivity index (χ1n) is 8.55. The molecule has 0 saturated carbocycles. The minimum atomic E-state index is -0.0914. The van der Waals surface area contributed by atoms with Crippen molar-refractivity contribution in [2.45, 2.75) is 25.3 Å². The van der Waals surface area contributed by atoms with Gasteiger partial charge in [-0.05, 0) is 31.4 Å². The molecule has 130 valence electrons. The molecule has 1 fully saturated rings. The summed E-state index contributed by atoms with van der Waals surface area (Å²) in [5.41, 5.74) is 0.740. The summed E-state index contributed by atoms with van der Waals surface area (Å²) in [5.74, 6) is 1.69. The minimum Gasteiger partial charge on any atom is -0.367 e. The van der Waals surface area contributed by atoms with Crippen LogP contribution in [-0.2, 0) is 7.05 Å². The summed E-state index contributed by atoms with van der Waals surface area (Å²) in [4.78, 5) is 25.6. The van der Waals surface area contributed by atoms with Crippen LogP contribution < -0.4 is 15.8 Å². The van der Waals surface area contributed by atoms with Gasteiger partial charge in [0.1, 0.15) is 23.6 Å². The van der Waals surface area contributed by atoms with Crippen LogP contribution in [-0.4, -0.2) is 43.9 Å². The first-order valence-corrected chi connectivity index (χ1v) is 8.55. The Labute approximate surface area is 144 Å². The van der Waals surface area contributed by atoms with Gasteiger partial charge in [-0.2, -0.15) is 5.10 Å². The molecule has 1 saturated heterocycles. The number of fused-ring (bicyclic) bond motifs is 1. The van der Waals surface area contributed by atoms with E-state index >= 15 is 0 Å². The number of rotatable bonds is 4. The summed E-state index contributed by atoms with van der Waals surface area (Å²) < 4.78 is 1.39. The van der Waals surface area contributed by atoms with Crippen molar-refractivity contribution in [3.63, 3.8) is 0 Å². The molecular weight excluding hydrogens is 318 g/mol. The van der Waals surface area contributed by atoms with Crippen molar-refractivity contribution in [1.29, 1.82) is 0 Å². The number of aromatic nitrogens is 5. The highest BCUT2D eigenvalue weighted by atomic mass is 16.1. The first kappa shape index (κ1) is 15.6.